The average molecular weight is 570 g/mol. The molecule has 0 saturated heterocycles. The molecule has 2 aromatic heterocycles. The Hall–Kier alpha value is -2.56. The molecule has 0 bridgehead atoms. The zero-order valence-electron chi connectivity index (χ0n) is 15.8. The quantitative estimate of drug-likeness (QED) is 0.245. The van der Waals surface area contributed by atoms with Crippen molar-refractivity contribution in [3.05, 3.63) is 52.8 Å². The van der Waals surface area contributed by atoms with Crippen LogP contribution in [0.1, 0.15) is 0 Å². The summed E-state index contributed by atoms with van der Waals surface area (Å²) in [5.41, 5.74) is -12.8. The lowest BCUT2D eigenvalue weighted by Gasteiger charge is -2.15. The molecular weight excluding hydrogens is 563 g/mol. The highest BCUT2D eigenvalue weighted by Gasteiger charge is 2.49. The van der Waals surface area contributed by atoms with E-state index in [2.05, 4.69) is 14.2 Å². The molecule has 1 aromatic carbocycles. The first-order chi connectivity index (χ1) is 15.5. The summed E-state index contributed by atoms with van der Waals surface area (Å²) in [7, 11) is -12.2. The van der Waals surface area contributed by atoms with Crippen LogP contribution in [0.25, 0.3) is 22.6 Å². The lowest BCUT2D eigenvalue weighted by Crippen LogP contribution is -2.30. The van der Waals surface area contributed by atoms with E-state index in [0.717, 1.165) is 18.2 Å². The number of imidazole rings is 1. The second kappa shape index (κ2) is 8.58. The molecule has 18 heteroatoms. The van der Waals surface area contributed by atoms with Crippen molar-refractivity contribution in [3.63, 3.8) is 0 Å². The van der Waals surface area contributed by atoms with Gasteiger partial charge in [0.25, 0.3) is 0 Å². The zero-order chi connectivity index (χ0) is 25.7. The largest absolute Gasteiger partial charge is 0.534 e. The van der Waals surface area contributed by atoms with Gasteiger partial charge in [0.2, 0.25) is 5.88 Å². The molecule has 8 nitrogen and oxygen atoms in total. The van der Waals surface area contributed by atoms with E-state index in [1.54, 1.807) is 0 Å². The number of halogens is 8. The molecule has 2 heterocycles. The van der Waals surface area contributed by atoms with Crippen molar-refractivity contribution in [2.24, 2.45) is 0 Å². The van der Waals surface area contributed by atoms with E-state index < -0.39 is 54.1 Å². The van der Waals surface area contributed by atoms with Gasteiger partial charge in [-0.1, -0.05) is 23.2 Å². The van der Waals surface area contributed by atoms with Crippen LogP contribution in [0, 0.1) is 0 Å². The monoisotopic (exact) mass is 569 g/mol. The summed E-state index contributed by atoms with van der Waals surface area (Å²) >= 11 is 11.9. The van der Waals surface area contributed by atoms with Crippen molar-refractivity contribution in [2.45, 2.75) is 11.0 Å². The molecule has 0 unspecified atom stereocenters. The Kier molecular flexibility index (Phi) is 6.58. The van der Waals surface area contributed by atoms with Gasteiger partial charge in [-0.15, -0.1) is 0 Å². The minimum atomic E-state index is -6.17. The number of rotatable bonds is 5. The Morgan fingerprint density at radius 3 is 2.06 bits per heavy atom. The molecule has 0 radical (unpaired) electrons. The topological polar surface area (TPSA) is 108 Å². The second-order valence-electron chi connectivity index (χ2n) is 6.15. The van der Waals surface area contributed by atoms with E-state index in [9.17, 15) is 43.2 Å². The number of benzene rings is 1. The molecule has 0 aliphatic rings. The van der Waals surface area contributed by atoms with Crippen molar-refractivity contribution in [1.82, 2.24) is 13.9 Å². The van der Waals surface area contributed by atoms with Crippen molar-refractivity contribution in [1.29, 1.82) is 0 Å². The summed E-state index contributed by atoms with van der Waals surface area (Å²) in [4.78, 5) is 7.19. The highest BCUT2D eigenvalue weighted by molar-refractivity contribution is 7.90. The molecule has 0 saturated carbocycles. The summed E-state index contributed by atoms with van der Waals surface area (Å²) in [6.07, 6.45) is 1.19. The van der Waals surface area contributed by atoms with Gasteiger partial charge in [0.15, 0.2) is 5.82 Å². The first-order valence-electron chi connectivity index (χ1n) is 8.28. The van der Waals surface area contributed by atoms with Gasteiger partial charge in [-0.25, -0.2) is 13.9 Å². The van der Waals surface area contributed by atoms with E-state index >= 15 is 0 Å². The molecule has 184 valence electrons. The van der Waals surface area contributed by atoms with Gasteiger partial charge in [-0.05, 0) is 24.3 Å². The first kappa shape index (κ1) is 26.1. The number of hydrogen-bond acceptors (Lipinski definition) is 7. The van der Waals surface area contributed by atoms with Crippen LogP contribution in [0.2, 0.25) is 10.0 Å². The fourth-order valence-corrected chi connectivity index (χ4v) is 4.22. The van der Waals surface area contributed by atoms with E-state index in [0.29, 0.717) is 18.5 Å². The van der Waals surface area contributed by atoms with Gasteiger partial charge in [-0.3, -0.25) is 0 Å². The number of hydrogen-bond donors (Lipinski definition) is 0. The average Bonchev–Trinajstić information content (AvgIpc) is 3.16. The van der Waals surface area contributed by atoms with E-state index in [1.165, 1.54) is 6.07 Å². The normalized spacial score (nSPS) is 13.2. The van der Waals surface area contributed by atoms with Crippen LogP contribution in [0.3, 0.4) is 0 Å². The molecule has 3 aromatic rings. The van der Waals surface area contributed by atoms with E-state index in [-0.39, 0.29) is 19.6 Å². The standard InChI is InChI=1S/C16H7Cl2F6N3O5S2/c17-8-1-2-9(11(18)7-8)13-10(3-4-12(26-13)32-34(30,31)16(22,23)24)14-25-5-6-27(14)33(28,29)15(19,20)21/h1-7H. The Balaban J connectivity index is 2.29. The van der Waals surface area contributed by atoms with Crippen molar-refractivity contribution in [3.8, 4) is 28.5 Å². The Labute approximate surface area is 196 Å². The third-order valence-electron chi connectivity index (χ3n) is 3.93. The molecular formula is C16H7Cl2F6N3O5S2. The van der Waals surface area contributed by atoms with Crippen LogP contribution in [0.5, 0.6) is 5.88 Å². The lowest BCUT2D eigenvalue weighted by atomic mass is 10.1. The van der Waals surface area contributed by atoms with Gasteiger partial charge in [0.1, 0.15) is 0 Å². The summed E-state index contributed by atoms with van der Waals surface area (Å²) in [5.74, 6) is -1.99. The molecule has 0 aliphatic heterocycles. The van der Waals surface area contributed by atoms with Crippen LogP contribution >= 0.6 is 23.2 Å². The highest BCUT2D eigenvalue weighted by atomic mass is 35.5. The van der Waals surface area contributed by atoms with Gasteiger partial charge >= 0.3 is 31.2 Å². The highest BCUT2D eigenvalue weighted by Crippen LogP contribution is 2.39. The molecule has 0 N–H and O–H groups in total. The molecule has 0 fully saturated rings. The molecule has 0 atom stereocenters. The van der Waals surface area contributed by atoms with Crippen LogP contribution in [0.4, 0.5) is 26.3 Å². The Morgan fingerprint density at radius 1 is 0.882 bits per heavy atom. The van der Waals surface area contributed by atoms with Gasteiger partial charge in [0, 0.05) is 34.6 Å². The molecule has 0 aliphatic carbocycles. The second-order valence-corrected chi connectivity index (χ2v) is 10.3. The third-order valence-corrected chi connectivity index (χ3v) is 6.84. The lowest BCUT2D eigenvalue weighted by molar-refractivity contribution is -0.0501. The predicted octanol–water partition coefficient (Wildman–Crippen LogP) is 4.85. The Bertz CT molecular complexity index is 1470. The first-order valence-corrected chi connectivity index (χ1v) is 11.9. The maximum atomic E-state index is 13.1. The number of aromatic nitrogens is 3. The summed E-state index contributed by atoms with van der Waals surface area (Å²) in [6, 6.07) is 4.85. The van der Waals surface area contributed by atoms with Crippen molar-refractivity contribution < 1.29 is 47.4 Å². The number of pyridine rings is 1. The van der Waals surface area contributed by atoms with Gasteiger partial charge < -0.3 is 4.18 Å². The Morgan fingerprint density at radius 2 is 1.50 bits per heavy atom. The van der Waals surface area contributed by atoms with Crippen LogP contribution in [0.15, 0.2) is 42.7 Å². The number of nitrogens with zero attached hydrogens (tertiary/aromatic N) is 3. The SMILES string of the molecule is O=S(=O)(Oc1ccc(-c2nccn2S(=O)(=O)C(F)(F)F)c(-c2ccc(Cl)cc2Cl)n1)C(F)(F)F. The van der Waals surface area contributed by atoms with Crippen LogP contribution < -0.4 is 4.18 Å². The van der Waals surface area contributed by atoms with E-state index in [4.69, 9.17) is 23.2 Å². The van der Waals surface area contributed by atoms with Gasteiger partial charge in [-0.2, -0.15) is 43.2 Å². The van der Waals surface area contributed by atoms with Crippen LogP contribution in [-0.2, 0) is 20.1 Å². The van der Waals surface area contributed by atoms with Crippen molar-refractivity contribution >= 4 is 43.3 Å². The maximum absolute atomic E-state index is 13.1. The van der Waals surface area contributed by atoms with Crippen LogP contribution in [-0.4, -0.2) is 41.8 Å². The molecule has 3 rings (SSSR count). The van der Waals surface area contributed by atoms with Crippen molar-refractivity contribution in [2.75, 3.05) is 0 Å². The zero-order valence-corrected chi connectivity index (χ0v) is 18.9. The predicted molar refractivity (Wildman–Crippen MR) is 107 cm³/mol. The summed E-state index contributed by atoms with van der Waals surface area (Å²) in [5, 5.41) is -0.127. The minimum absolute atomic E-state index is 0.0866. The van der Waals surface area contributed by atoms with Gasteiger partial charge in [0.05, 0.1) is 10.7 Å². The molecule has 0 spiro atoms. The number of alkyl halides is 6. The smallest absolute Gasteiger partial charge is 0.355 e. The molecule has 0 amide bonds. The van der Waals surface area contributed by atoms with E-state index in [1.807, 2.05) is 0 Å². The maximum Gasteiger partial charge on any atom is 0.534 e. The minimum Gasteiger partial charge on any atom is -0.355 e. The fourth-order valence-electron chi connectivity index (χ4n) is 2.50. The molecule has 34 heavy (non-hydrogen) atoms. The third kappa shape index (κ3) is 4.80. The summed E-state index contributed by atoms with van der Waals surface area (Å²) in [6.45, 7) is 0. The summed E-state index contributed by atoms with van der Waals surface area (Å²) < 4.78 is 128. The fraction of sp³-hybridized carbons (Fsp3) is 0.125.